The van der Waals surface area contributed by atoms with E-state index in [2.05, 4.69) is 20.4 Å². The third kappa shape index (κ3) is 6.85. The lowest BCUT2D eigenvalue weighted by Gasteiger charge is -2.36. The number of hydrogen-bond donors (Lipinski definition) is 2. The second-order valence-electron chi connectivity index (χ2n) is 9.23. The number of hydrogen-bond acceptors (Lipinski definition) is 7. The summed E-state index contributed by atoms with van der Waals surface area (Å²) in [7, 11) is 0. The number of pyridine rings is 1. The molecule has 0 aromatic carbocycles. The molecule has 208 valence electrons. The van der Waals surface area contributed by atoms with Crippen LogP contribution >= 0.6 is 11.6 Å². The van der Waals surface area contributed by atoms with Crippen molar-refractivity contribution < 1.29 is 45.4 Å². The molecule has 10 nitrogen and oxygen atoms in total. The predicted octanol–water partition coefficient (Wildman–Crippen LogP) is 5.17. The Morgan fingerprint density at radius 3 is 2.45 bits per heavy atom. The molecule has 0 radical (unpaired) electrons. The van der Waals surface area contributed by atoms with Crippen LogP contribution < -0.4 is 10.6 Å². The van der Waals surface area contributed by atoms with Gasteiger partial charge >= 0.3 is 18.8 Å². The summed E-state index contributed by atoms with van der Waals surface area (Å²) in [6.45, 7) is 2.58. The maximum absolute atomic E-state index is 14.9. The smallest absolute Gasteiger partial charge is 0.425 e. The molecule has 17 heteroatoms. The van der Waals surface area contributed by atoms with Crippen LogP contribution in [0.5, 0.6) is 0 Å². The van der Waals surface area contributed by atoms with Crippen molar-refractivity contribution >= 4 is 35.4 Å². The van der Waals surface area contributed by atoms with Gasteiger partial charge < -0.3 is 14.8 Å². The summed E-state index contributed by atoms with van der Waals surface area (Å²) in [5, 5.41) is 7.07. The van der Waals surface area contributed by atoms with Crippen molar-refractivity contribution in [2.24, 2.45) is 4.99 Å². The van der Waals surface area contributed by atoms with Gasteiger partial charge in [0.05, 0.1) is 11.2 Å². The van der Waals surface area contributed by atoms with Crippen molar-refractivity contribution in [3.05, 3.63) is 40.6 Å². The van der Waals surface area contributed by atoms with Crippen LogP contribution in [-0.4, -0.2) is 50.7 Å². The summed E-state index contributed by atoms with van der Waals surface area (Å²) in [5.41, 5.74) is -4.29. The van der Waals surface area contributed by atoms with E-state index < -0.39 is 76.6 Å². The molecule has 2 atom stereocenters. The highest BCUT2D eigenvalue weighted by atomic mass is 35.5. The highest BCUT2D eigenvalue weighted by Gasteiger charge is 2.51. The molecule has 0 spiro atoms. The molecule has 0 saturated carbocycles. The Hall–Kier alpha value is -3.56. The van der Waals surface area contributed by atoms with Gasteiger partial charge in [-0.2, -0.15) is 27.1 Å². The van der Waals surface area contributed by atoms with Crippen LogP contribution in [0.4, 0.5) is 37.0 Å². The van der Waals surface area contributed by atoms with E-state index in [4.69, 9.17) is 21.1 Å². The number of halogens is 7. The van der Waals surface area contributed by atoms with Crippen molar-refractivity contribution in [1.82, 2.24) is 20.1 Å². The number of aliphatic imine (C=N–C) groups is 1. The van der Waals surface area contributed by atoms with Crippen LogP contribution in [0.1, 0.15) is 56.8 Å². The number of rotatable bonds is 4. The number of alkyl carbamates (subject to hydrolysis) is 1. The number of carbonyl (C=O) groups excluding carboxylic acids is 2. The zero-order valence-corrected chi connectivity index (χ0v) is 20.9. The van der Waals surface area contributed by atoms with Gasteiger partial charge in [-0.15, -0.1) is 0 Å². The molecule has 2 amide bonds. The topological polar surface area (TPSA) is 120 Å². The second-order valence-corrected chi connectivity index (χ2v) is 9.64. The minimum Gasteiger partial charge on any atom is -0.452 e. The van der Waals surface area contributed by atoms with E-state index in [1.165, 1.54) is 20.8 Å². The van der Waals surface area contributed by atoms with Crippen LogP contribution in [0.2, 0.25) is 5.02 Å². The van der Waals surface area contributed by atoms with Gasteiger partial charge in [0, 0.05) is 6.42 Å². The molecule has 0 unspecified atom stereocenters. The van der Waals surface area contributed by atoms with E-state index in [-0.39, 0.29) is 10.5 Å². The predicted molar refractivity (Wildman–Crippen MR) is 120 cm³/mol. The molecule has 38 heavy (non-hydrogen) atoms. The Labute approximate surface area is 216 Å². The summed E-state index contributed by atoms with van der Waals surface area (Å²) in [4.78, 5) is 32.4. The number of ether oxygens (including phenoxy) is 2. The number of amidine groups is 1. The van der Waals surface area contributed by atoms with E-state index in [0.717, 1.165) is 19.1 Å². The number of carbonyl (C=O) groups is 2. The number of aromatic nitrogens is 3. The normalized spacial score (nSPS) is 20.0. The second kappa shape index (κ2) is 10.3. The van der Waals surface area contributed by atoms with Gasteiger partial charge in [0.1, 0.15) is 28.5 Å². The average molecular weight is 571 g/mol. The monoisotopic (exact) mass is 570 g/mol. The third-order valence-corrected chi connectivity index (χ3v) is 5.13. The molecule has 0 bridgehead atoms. The van der Waals surface area contributed by atoms with Gasteiger partial charge in [0.15, 0.2) is 11.8 Å². The highest BCUT2D eigenvalue weighted by molar-refractivity contribution is 6.34. The molecule has 2 N–H and O–H groups in total. The van der Waals surface area contributed by atoms with Crippen molar-refractivity contribution in [2.45, 2.75) is 64.1 Å². The minimum absolute atomic E-state index is 0.134. The van der Waals surface area contributed by atoms with Crippen molar-refractivity contribution in [1.29, 1.82) is 0 Å². The first kappa shape index (κ1) is 29.0. The Morgan fingerprint density at radius 1 is 1.24 bits per heavy atom. The number of amides is 2. The summed E-state index contributed by atoms with van der Waals surface area (Å²) < 4.78 is 91.4. The van der Waals surface area contributed by atoms with E-state index in [9.17, 15) is 35.9 Å². The van der Waals surface area contributed by atoms with E-state index in [1.54, 1.807) is 0 Å². The van der Waals surface area contributed by atoms with E-state index in [1.807, 2.05) is 5.32 Å². The molecule has 1 aliphatic rings. The van der Waals surface area contributed by atoms with Crippen LogP contribution in [0.25, 0.3) is 0 Å². The Morgan fingerprint density at radius 2 is 1.89 bits per heavy atom. The fraction of sp³-hybridized carbons (Fsp3) is 0.476. The zero-order valence-electron chi connectivity index (χ0n) is 20.2. The highest BCUT2D eigenvalue weighted by Crippen LogP contribution is 2.40. The first-order valence-electron chi connectivity index (χ1n) is 10.7. The molecule has 3 rings (SSSR count). The summed E-state index contributed by atoms with van der Waals surface area (Å²) in [5.74, 6) is -2.56. The molecular weight excluding hydrogens is 550 g/mol. The quantitative estimate of drug-likeness (QED) is 0.490. The SMILES string of the molecule is CC(C)(C)OC(=O)NC1=N[C@](C)(c2nc(NC(=O)c3nn(C(F)F)cc3Cl)ccc2F)C[C@@H](C(F)(F)F)O1. The molecular formula is C21H21ClF6N6O4. The van der Waals surface area contributed by atoms with E-state index >= 15 is 0 Å². The van der Waals surface area contributed by atoms with Gasteiger partial charge in [-0.25, -0.2) is 29.2 Å². The first-order chi connectivity index (χ1) is 17.4. The molecule has 2 aromatic rings. The lowest BCUT2D eigenvalue weighted by molar-refractivity contribution is -0.208. The maximum Gasteiger partial charge on any atom is 0.425 e. The lowest BCUT2D eigenvalue weighted by Crippen LogP contribution is -2.49. The van der Waals surface area contributed by atoms with Gasteiger partial charge in [-0.3, -0.25) is 4.79 Å². The van der Waals surface area contributed by atoms with Gasteiger partial charge in [0.2, 0.25) is 0 Å². The summed E-state index contributed by atoms with van der Waals surface area (Å²) in [6.07, 6.45) is -8.87. The Kier molecular flexibility index (Phi) is 7.86. The first-order valence-corrected chi connectivity index (χ1v) is 11.1. The van der Waals surface area contributed by atoms with Gasteiger partial charge in [-0.05, 0) is 39.8 Å². The van der Waals surface area contributed by atoms with Crippen LogP contribution in [0, 0.1) is 5.82 Å². The number of anilines is 1. The van der Waals surface area contributed by atoms with Crippen molar-refractivity contribution in [3.8, 4) is 0 Å². The van der Waals surface area contributed by atoms with Crippen molar-refractivity contribution in [3.63, 3.8) is 0 Å². The molecule has 3 heterocycles. The molecule has 0 fully saturated rings. The summed E-state index contributed by atoms with van der Waals surface area (Å²) in [6, 6.07) is 0.884. The third-order valence-electron chi connectivity index (χ3n) is 4.86. The maximum atomic E-state index is 14.9. The Bertz CT molecular complexity index is 1260. The molecule has 2 aromatic heterocycles. The van der Waals surface area contributed by atoms with E-state index in [0.29, 0.717) is 6.20 Å². The standard InChI is InChI=1S/C21H21ClF6N6O4/c1-19(2,3)38-18(36)31-17-32-20(4,7-11(37-17)21(26,27)28)14-10(23)5-6-12(29-14)30-15(35)13-9(22)8-34(33-13)16(24)25/h5-6,8,11,16H,7H2,1-4H3,(H,29,30,35)(H,31,32,36)/t11-,20-/m0/s1. The van der Waals surface area contributed by atoms with Gasteiger partial charge in [-0.1, -0.05) is 11.6 Å². The fourth-order valence-corrected chi connectivity index (χ4v) is 3.53. The average Bonchev–Trinajstić information content (AvgIpc) is 3.14. The lowest BCUT2D eigenvalue weighted by atomic mass is 9.89. The molecule has 0 saturated heterocycles. The van der Waals surface area contributed by atoms with Gasteiger partial charge in [0.25, 0.3) is 11.9 Å². The number of alkyl halides is 5. The fourth-order valence-electron chi connectivity index (χ4n) is 3.30. The van der Waals surface area contributed by atoms with Crippen LogP contribution in [0.15, 0.2) is 23.3 Å². The minimum atomic E-state index is -4.94. The van der Waals surface area contributed by atoms with Crippen LogP contribution in [0.3, 0.4) is 0 Å². The largest absolute Gasteiger partial charge is 0.452 e. The number of nitrogens with zero attached hydrogens (tertiary/aromatic N) is 4. The van der Waals surface area contributed by atoms with Crippen LogP contribution in [-0.2, 0) is 15.0 Å². The summed E-state index contributed by atoms with van der Waals surface area (Å²) >= 11 is 5.77. The zero-order chi connectivity index (χ0) is 28.6. The Balaban J connectivity index is 1.95. The molecule has 1 aliphatic heterocycles. The van der Waals surface area contributed by atoms with Crippen molar-refractivity contribution in [2.75, 3.05) is 5.32 Å². The molecule has 0 aliphatic carbocycles. The number of nitrogens with one attached hydrogen (secondary N) is 2.